The zero-order chi connectivity index (χ0) is 15.7. The van der Waals surface area contributed by atoms with Crippen LogP contribution in [0.1, 0.15) is 25.7 Å². The molecule has 1 unspecified atom stereocenters. The van der Waals surface area contributed by atoms with Gasteiger partial charge in [-0.2, -0.15) is 0 Å². The lowest BCUT2D eigenvalue weighted by molar-refractivity contribution is -0.301. The van der Waals surface area contributed by atoms with Gasteiger partial charge < -0.3 is 29.9 Å². The number of aliphatic hydroxyl groups is 4. The van der Waals surface area contributed by atoms with E-state index < -0.39 is 37.3 Å². The largest absolute Gasteiger partial charge is 0.394 e. The lowest BCUT2D eigenvalue weighted by Crippen LogP contribution is -2.59. The predicted molar refractivity (Wildman–Crippen MR) is 72.2 cm³/mol. The summed E-state index contributed by atoms with van der Waals surface area (Å²) >= 11 is 0. The minimum Gasteiger partial charge on any atom is -0.394 e. The second-order valence-electron chi connectivity index (χ2n) is 4.94. The van der Waals surface area contributed by atoms with Gasteiger partial charge in [-0.3, -0.25) is 0 Å². The Morgan fingerprint density at radius 3 is 2.43 bits per heavy atom. The molecule has 0 aromatic carbocycles. The van der Waals surface area contributed by atoms with Crippen molar-refractivity contribution in [2.75, 3.05) is 19.8 Å². The Kier molecular flexibility index (Phi) is 8.55. The Labute approximate surface area is 122 Å². The van der Waals surface area contributed by atoms with Gasteiger partial charge in [-0.1, -0.05) is 18.0 Å². The highest BCUT2D eigenvalue weighted by Crippen LogP contribution is 2.22. The van der Waals surface area contributed by atoms with E-state index >= 15 is 0 Å². The molecule has 0 aromatic heterocycles. The van der Waals surface area contributed by atoms with Gasteiger partial charge in [-0.15, -0.1) is 0 Å². The van der Waals surface area contributed by atoms with E-state index in [-0.39, 0.29) is 0 Å². The molecule has 0 spiro atoms. The highest BCUT2D eigenvalue weighted by atomic mass is 16.7. The lowest BCUT2D eigenvalue weighted by Gasteiger charge is -2.39. The van der Waals surface area contributed by atoms with E-state index in [2.05, 4.69) is 10.0 Å². The van der Waals surface area contributed by atoms with Crippen LogP contribution in [0, 0.1) is 0 Å². The van der Waals surface area contributed by atoms with Gasteiger partial charge in [0.05, 0.1) is 6.61 Å². The van der Waals surface area contributed by atoms with E-state index in [1.807, 2.05) is 0 Å². The van der Waals surface area contributed by atoms with E-state index in [1.165, 1.54) is 0 Å². The number of nitrogens with zero attached hydrogens (tertiary/aromatic N) is 3. The second kappa shape index (κ2) is 9.91. The zero-order valence-corrected chi connectivity index (χ0v) is 11.8. The van der Waals surface area contributed by atoms with Gasteiger partial charge in [-0.25, -0.2) is 0 Å². The van der Waals surface area contributed by atoms with Crippen molar-refractivity contribution in [1.29, 1.82) is 0 Å². The van der Waals surface area contributed by atoms with Crippen molar-refractivity contribution in [1.82, 2.24) is 0 Å². The molecule has 1 aliphatic rings. The molecule has 122 valence electrons. The molecule has 9 heteroatoms. The lowest BCUT2D eigenvalue weighted by atomic mass is 9.99. The summed E-state index contributed by atoms with van der Waals surface area (Å²) in [5.74, 6) is 0. The molecule has 0 saturated carbocycles. The molecule has 1 aliphatic heterocycles. The molecule has 0 amide bonds. The maximum absolute atomic E-state index is 9.73. The molecule has 0 bridgehead atoms. The molecule has 1 fully saturated rings. The topological polar surface area (TPSA) is 148 Å². The molecule has 4 N–H and O–H groups in total. The number of hydrogen-bond donors (Lipinski definition) is 4. The fourth-order valence-corrected chi connectivity index (χ4v) is 2.09. The molecule has 1 rings (SSSR count). The van der Waals surface area contributed by atoms with Crippen molar-refractivity contribution < 1.29 is 29.9 Å². The average Bonchev–Trinajstić information content (AvgIpc) is 2.49. The zero-order valence-electron chi connectivity index (χ0n) is 11.8. The van der Waals surface area contributed by atoms with Gasteiger partial charge in [0, 0.05) is 18.1 Å². The fraction of sp³-hybridized carbons (Fsp3) is 1.00. The Morgan fingerprint density at radius 1 is 1.05 bits per heavy atom. The molecule has 5 atom stereocenters. The summed E-state index contributed by atoms with van der Waals surface area (Å²) in [4.78, 5) is 2.66. The highest BCUT2D eigenvalue weighted by Gasteiger charge is 2.43. The van der Waals surface area contributed by atoms with Crippen molar-refractivity contribution in [2.45, 2.75) is 56.4 Å². The van der Waals surface area contributed by atoms with Crippen LogP contribution in [0.4, 0.5) is 0 Å². The average molecular weight is 305 g/mol. The van der Waals surface area contributed by atoms with Crippen LogP contribution in [-0.2, 0) is 9.47 Å². The van der Waals surface area contributed by atoms with Crippen LogP contribution in [-0.4, -0.2) is 70.9 Å². The molecule has 0 aromatic rings. The van der Waals surface area contributed by atoms with Gasteiger partial charge in [0.25, 0.3) is 0 Å². The maximum Gasteiger partial charge on any atom is 0.186 e. The standard InChI is InChI=1S/C12H23N3O6/c13-15-14-5-3-1-2-4-6-20-12-11(19)10(18)9(17)8(7-16)21-12/h8-12,16-19H,1-7H2/t8-,9+,10-,11-,12?/m1/s1. The molecule has 21 heavy (non-hydrogen) atoms. The first-order valence-electron chi connectivity index (χ1n) is 7.04. The van der Waals surface area contributed by atoms with Crippen molar-refractivity contribution in [3.8, 4) is 0 Å². The van der Waals surface area contributed by atoms with Gasteiger partial charge in [0.1, 0.15) is 24.4 Å². The summed E-state index contributed by atoms with van der Waals surface area (Å²) in [7, 11) is 0. The summed E-state index contributed by atoms with van der Waals surface area (Å²) in [5.41, 5.74) is 8.10. The summed E-state index contributed by atoms with van der Waals surface area (Å²) in [6.45, 7) is 0.332. The second-order valence-corrected chi connectivity index (χ2v) is 4.94. The quantitative estimate of drug-likeness (QED) is 0.198. The molecule has 1 heterocycles. The molecule has 0 radical (unpaired) electrons. The number of aliphatic hydroxyl groups excluding tert-OH is 4. The van der Waals surface area contributed by atoms with Crippen molar-refractivity contribution >= 4 is 0 Å². The Hall–Kier alpha value is -0.930. The van der Waals surface area contributed by atoms with E-state index in [0.29, 0.717) is 13.2 Å². The van der Waals surface area contributed by atoms with Gasteiger partial charge in [0.2, 0.25) is 0 Å². The number of rotatable bonds is 9. The van der Waals surface area contributed by atoms with Crippen molar-refractivity contribution in [2.24, 2.45) is 5.11 Å². The maximum atomic E-state index is 9.73. The van der Waals surface area contributed by atoms with E-state index in [0.717, 1.165) is 25.7 Å². The number of unbranched alkanes of at least 4 members (excludes halogenated alkanes) is 3. The Balaban J connectivity index is 2.20. The van der Waals surface area contributed by atoms with Crippen LogP contribution >= 0.6 is 0 Å². The fourth-order valence-electron chi connectivity index (χ4n) is 2.09. The summed E-state index contributed by atoms with van der Waals surface area (Å²) in [5, 5.41) is 41.4. The highest BCUT2D eigenvalue weighted by molar-refractivity contribution is 4.88. The third-order valence-electron chi connectivity index (χ3n) is 3.35. The van der Waals surface area contributed by atoms with Crippen molar-refractivity contribution in [3.05, 3.63) is 10.4 Å². The van der Waals surface area contributed by atoms with Crippen LogP contribution in [0.5, 0.6) is 0 Å². The van der Waals surface area contributed by atoms with Crippen LogP contribution < -0.4 is 0 Å². The number of hydrogen-bond acceptors (Lipinski definition) is 7. The van der Waals surface area contributed by atoms with Crippen LogP contribution in [0.3, 0.4) is 0 Å². The third-order valence-corrected chi connectivity index (χ3v) is 3.35. The third kappa shape index (κ3) is 5.76. The van der Waals surface area contributed by atoms with E-state index in [1.54, 1.807) is 0 Å². The molecule has 1 saturated heterocycles. The Morgan fingerprint density at radius 2 is 1.76 bits per heavy atom. The van der Waals surface area contributed by atoms with E-state index in [4.69, 9.17) is 20.1 Å². The molecule has 0 aliphatic carbocycles. The first kappa shape index (κ1) is 18.1. The van der Waals surface area contributed by atoms with Gasteiger partial charge in [0.15, 0.2) is 6.29 Å². The number of azide groups is 1. The van der Waals surface area contributed by atoms with Gasteiger partial charge >= 0.3 is 0 Å². The van der Waals surface area contributed by atoms with Crippen molar-refractivity contribution in [3.63, 3.8) is 0 Å². The van der Waals surface area contributed by atoms with Crippen LogP contribution in [0.15, 0.2) is 5.11 Å². The summed E-state index contributed by atoms with van der Waals surface area (Å²) in [6.07, 6.45) is -2.84. The minimum atomic E-state index is -1.41. The van der Waals surface area contributed by atoms with Gasteiger partial charge in [-0.05, 0) is 18.4 Å². The molecule has 9 nitrogen and oxygen atoms in total. The SMILES string of the molecule is [N-]=[N+]=NCCCCCCOC1O[C@H](CO)[C@H](O)[C@@H](O)[C@H]1O. The monoisotopic (exact) mass is 305 g/mol. The van der Waals surface area contributed by atoms with Crippen LogP contribution in [0.2, 0.25) is 0 Å². The number of ether oxygens (including phenoxy) is 2. The first-order valence-corrected chi connectivity index (χ1v) is 7.04. The summed E-state index contributed by atoms with van der Waals surface area (Å²) in [6, 6.07) is 0. The minimum absolute atomic E-state index is 0.324. The Bertz CT molecular complexity index is 337. The molecular weight excluding hydrogens is 282 g/mol. The smallest absolute Gasteiger partial charge is 0.186 e. The molecular formula is C12H23N3O6. The predicted octanol–water partition coefficient (Wildman–Crippen LogP) is -0.326. The normalized spacial score (nSPS) is 32.7. The van der Waals surface area contributed by atoms with Crippen LogP contribution in [0.25, 0.3) is 10.4 Å². The first-order chi connectivity index (χ1) is 10.1. The van der Waals surface area contributed by atoms with E-state index in [9.17, 15) is 15.3 Å². The summed E-state index contributed by atoms with van der Waals surface area (Å²) < 4.78 is 10.5.